The summed E-state index contributed by atoms with van der Waals surface area (Å²) >= 11 is 0. The van der Waals surface area contributed by atoms with Crippen LogP contribution >= 0.6 is 0 Å². The largest absolute Gasteiger partial charge is 0.478 e. The van der Waals surface area contributed by atoms with E-state index in [9.17, 15) is 4.79 Å². The fourth-order valence-electron chi connectivity index (χ4n) is 2.31. The van der Waals surface area contributed by atoms with Gasteiger partial charge in [0, 0.05) is 12.2 Å². The summed E-state index contributed by atoms with van der Waals surface area (Å²) in [6, 6.07) is 5.08. The summed E-state index contributed by atoms with van der Waals surface area (Å²) in [5, 5.41) is 8.97. The zero-order chi connectivity index (χ0) is 12.3. The van der Waals surface area contributed by atoms with Crippen LogP contribution < -0.4 is 5.73 Å². The van der Waals surface area contributed by atoms with Gasteiger partial charge in [-0.05, 0) is 49.7 Å². The Labute approximate surface area is 101 Å². The Balaban J connectivity index is 2.11. The Morgan fingerprint density at radius 2 is 1.94 bits per heavy atom. The number of carbonyl (C=O) groups is 1. The van der Waals surface area contributed by atoms with Crippen LogP contribution in [0.15, 0.2) is 18.2 Å². The molecular weight excluding hydrogens is 216 g/mol. The Morgan fingerprint density at radius 3 is 2.59 bits per heavy atom. The zero-order valence-electron chi connectivity index (χ0n) is 9.85. The third-order valence-corrected chi connectivity index (χ3v) is 3.12. The van der Waals surface area contributed by atoms with E-state index < -0.39 is 5.97 Å². The molecule has 0 aromatic heterocycles. The molecule has 0 radical (unpaired) electrons. The van der Waals surface area contributed by atoms with Gasteiger partial charge < -0.3 is 10.8 Å². The number of benzene rings is 1. The summed E-state index contributed by atoms with van der Waals surface area (Å²) in [7, 11) is 0. The zero-order valence-corrected chi connectivity index (χ0v) is 9.85. The van der Waals surface area contributed by atoms with Gasteiger partial charge >= 0.3 is 5.97 Å². The van der Waals surface area contributed by atoms with Crippen molar-refractivity contribution in [3.8, 4) is 0 Å². The van der Waals surface area contributed by atoms with Gasteiger partial charge in [-0.1, -0.05) is 6.42 Å². The van der Waals surface area contributed by atoms with E-state index in [4.69, 9.17) is 10.8 Å². The predicted molar refractivity (Wildman–Crippen MR) is 66.9 cm³/mol. The molecule has 1 saturated heterocycles. The van der Waals surface area contributed by atoms with Gasteiger partial charge in [-0.25, -0.2) is 4.79 Å². The van der Waals surface area contributed by atoms with Crippen LogP contribution in [-0.2, 0) is 6.54 Å². The minimum absolute atomic E-state index is 0.275. The second-order valence-electron chi connectivity index (χ2n) is 4.61. The number of hydrogen-bond acceptors (Lipinski definition) is 3. The molecule has 0 bridgehead atoms. The molecule has 1 aliphatic heterocycles. The first-order chi connectivity index (χ1) is 8.15. The van der Waals surface area contributed by atoms with Crippen molar-refractivity contribution in [2.45, 2.75) is 25.8 Å². The van der Waals surface area contributed by atoms with Crippen molar-refractivity contribution in [3.05, 3.63) is 29.3 Å². The van der Waals surface area contributed by atoms with E-state index in [1.807, 2.05) is 6.07 Å². The lowest BCUT2D eigenvalue weighted by Crippen LogP contribution is -2.29. The van der Waals surface area contributed by atoms with E-state index in [0.29, 0.717) is 5.69 Å². The van der Waals surface area contributed by atoms with Crippen LogP contribution in [-0.4, -0.2) is 29.1 Å². The van der Waals surface area contributed by atoms with Gasteiger partial charge in [-0.15, -0.1) is 0 Å². The SMILES string of the molecule is Nc1cc(CN2CCCCC2)cc(C(=O)O)c1. The number of piperidine rings is 1. The molecule has 0 atom stereocenters. The first-order valence-corrected chi connectivity index (χ1v) is 6.00. The number of rotatable bonds is 3. The number of nitrogens with two attached hydrogens (primary N) is 1. The van der Waals surface area contributed by atoms with E-state index in [2.05, 4.69) is 4.90 Å². The van der Waals surface area contributed by atoms with Crippen molar-refractivity contribution in [2.24, 2.45) is 0 Å². The monoisotopic (exact) mass is 234 g/mol. The Morgan fingerprint density at radius 1 is 1.24 bits per heavy atom. The number of likely N-dealkylation sites (tertiary alicyclic amines) is 1. The van der Waals surface area contributed by atoms with Gasteiger partial charge in [0.05, 0.1) is 5.56 Å². The lowest BCUT2D eigenvalue weighted by molar-refractivity contribution is 0.0696. The van der Waals surface area contributed by atoms with E-state index in [1.54, 1.807) is 6.07 Å². The lowest BCUT2D eigenvalue weighted by atomic mass is 10.1. The molecule has 1 fully saturated rings. The average molecular weight is 234 g/mol. The van der Waals surface area contributed by atoms with E-state index in [0.717, 1.165) is 25.2 Å². The molecule has 4 nitrogen and oxygen atoms in total. The third-order valence-electron chi connectivity index (χ3n) is 3.12. The van der Waals surface area contributed by atoms with Crippen LogP contribution in [0, 0.1) is 0 Å². The first kappa shape index (κ1) is 11.9. The van der Waals surface area contributed by atoms with Crippen LogP contribution in [0.5, 0.6) is 0 Å². The van der Waals surface area contributed by atoms with Gasteiger partial charge in [0.2, 0.25) is 0 Å². The Hall–Kier alpha value is -1.55. The number of nitrogen functional groups attached to an aromatic ring is 1. The molecular formula is C13H18N2O2. The lowest BCUT2D eigenvalue weighted by Gasteiger charge is -2.26. The molecule has 0 spiro atoms. The highest BCUT2D eigenvalue weighted by molar-refractivity contribution is 5.89. The smallest absolute Gasteiger partial charge is 0.335 e. The summed E-state index contributed by atoms with van der Waals surface area (Å²) in [6.07, 6.45) is 3.76. The van der Waals surface area contributed by atoms with Crippen molar-refractivity contribution in [3.63, 3.8) is 0 Å². The molecule has 1 heterocycles. The van der Waals surface area contributed by atoms with Crippen molar-refractivity contribution in [2.75, 3.05) is 18.8 Å². The maximum Gasteiger partial charge on any atom is 0.335 e. The van der Waals surface area contributed by atoms with Gasteiger partial charge in [0.25, 0.3) is 0 Å². The molecule has 1 aromatic rings. The minimum Gasteiger partial charge on any atom is -0.478 e. The van der Waals surface area contributed by atoms with Gasteiger partial charge in [-0.2, -0.15) is 0 Å². The summed E-state index contributed by atoms with van der Waals surface area (Å²) < 4.78 is 0. The highest BCUT2D eigenvalue weighted by atomic mass is 16.4. The molecule has 4 heteroatoms. The molecule has 0 aliphatic carbocycles. The van der Waals surface area contributed by atoms with Crippen LogP contribution in [0.3, 0.4) is 0 Å². The number of aromatic carboxylic acids is 1. The molecule has 3 N–H and O–H groups in total. The Kier molecular flexibility index (Phi) is 3.64. The van der Waals surface area contributed by atoms with Crippen molar-refractivity contribution in [1.29, 1.82) is 0 Å². The van der Waals surface area contributed by atoms with Crippen molar-refractivity contribution in [1.82, 2.24) is 4.90 Å². The van der Waals surface area contributed by atoms with Gasteiger partial charge in [0.15, 0.2) is 0 Å². The molecule has 2 rings (SSSR count). The minimum atomic E-state index is -0.919. The quantitative estimate of drug-likeness (QED) is 0.784. The third kappa shape index (κ3) is 3.20. The topological polar surface area (TPSA) is 66.6 Å². The first-order valence-electron chi connectivity index (χ1n) is 6.00. The summed E-state index contributed by atoms with van der Waals surface area (Å²) in [5.41, 5.74) is 7.51. The number of hydrogen-bond donors (Lipinski definition) is 2. The molecule has 1 aromatic carbocycles. The fraction of sp³-hybridized carbons (Fsp3) is 0.462. The number of carboxylic acid groups (broad SMARTS) is 1. The molecule has 92 valence electrons. The van der Waals surface area contributed by atoms with Gasteiger partial charge in [-0.3, -0.25) is 4.90 Å². The maximum atomic E-state index is 10.9. The summed E-state index contributed by atoms with van der Waals surface area (Å²) in [5.74, 6) is -0.919. The van der Waals surface area contributed by atoms with Crippen LogP contribution in [0.2, 0.25) is 0 Å². The summed E-state index contributed by atoms with van der Waals surface area (Å²) in [6.45, 7) is 2.99. The highest BCUT2D eigenvalue weighted by Gasteiger charge is 2.12. The van der Waals surface area contributed by atoms with E-state index in [1.165, 1.54) is 25.3 Å². The van der Waals surface area contributed by atoms with Crippen LogP contribution in [0.1, 0.15) is 35.2 Å². The normalized spacial score (nSPS) is 16.9. The number of carboxylic acids is 1. The standard InChI is InChI=1S/C13H18N2O2/c14-12-7-10(6-11(8-12)13(16)17)9-15-4-2-1-3-5-15/h6-8H,1-5,9,14H2,(H,16,17). The van der Waals surface area contributed by atoms with Crippen molar-refractivity contribution >= 4 is 11.7 Å². The van der Waals surface area contributed by atoms with Crippen LogP contribution in [0.25, 0.3) is 0 Å². The number of nitrogens with zero attached hydrogens (tertiary/aromatic N) is 1. The van der Waals surface area contributed by atoms with Crippen LogP contribution in [0.4, 0.5) is 5.69 Å². The fourth-order valence-corrected chi connectivity index (χ4v) is 2.31. The molecule has 1 aliphatic rings. The van der Waals surface area contributed by atoms with Gasteiger partial charge in [0.1, 0.15) is 0 Å². The number of anilines is 1. The molecule has 0 amide bonds. The summed E-state index contributed by atoms with van der Waals surface area (Å²) in [4.78, 5) is 13.3. The molecule has 0 saturated carbocycles. The second-order valence-corrected chi connectivity index (χ2v) is 4.61. The van der Waals surface area contributed by atoms with Crippen molar-refractivity contribution < 1.29 is 9.90 Å². The second kappa shape index (κ2) is 5.19. The molecule has 0 unspecified atom stereocenters. The predicted octanol–water partition coefficient (Wildman–Crippen LogP) is 1.95. The molecule has 17 heavy (non-hydrogen) atoms. The average Bonchev–Trinajstić information content (AvgIpc) is 2.29. The van der Waals surface area contributed by atoms with E-state index >= 15 is 0 Å². The maximum absolute atomic E-state index is 10.9. The Bertz CT molecular complexity index is 412. The highest BCUT2D eigenvalue weighted by Crippen LogP contribution is 2.17. The van der Waals surface area contributed by atoms with E-state index in [-0.39, 0.29) is 5.56 Å².